The Balaban J connectivity index is 2.17. The number of benzene rings is 2. The Morgan fingerprint density at radius 1 is 0.941 bits per heavy atom. The molecule has 2 nitrogen and oxygen atoms in total. The Bertz CT molecular complexity index is 509. The van der Waals surface area contributed by atoms with Crippen LogP contribution in [0.3, 0.4) is 0 Å². The van der Waals surface area contributed by atoms with Crippen molar-refractivity contribution in [2.24, 2.45) is 5.73 Å². The lowest BCUT2D eigenvalue weighted by molar-refractivity contribution is 0.823. The maximum atomic E-state index is 8.65. The van der Waals surface area contributed by atoms with Crippen molar-refractivity contribution in [3.05, 3.63) is 60.2 Å². The highest BCUT2D eigenvalue weighted by Gasteiger charge is 2.02. The summed E-state index contributed by atoms with van der Waals surface area (Å²) in [4.78, 5) is 0. The lowest BCUT2D eigenvalue weighted by Crippen LogP contribution is -2.19. The monoisotopic (exact) mass is 222 g/mol. The van der Waals surface area contributed by atoms with E-state index in [0.29, 0.717) is 6.42 Å². The summed E-state index contributed by atoms with van der Waals surface area (Å²) in [5.74, 6) is 0. The highest BCUT2D eigenvalue weighted by Crippen LogP contribution is 2.19. The third-order valence-corrected chi connectivity index (χ3v) is 2.68. The summed E-state index contributed by atoms with van der Waals surface area (Å²) in [7, 11) is 0. The molecule has 2 N–H and O–H groups in total. The van der Waals surface area contributed by atoms with Crippen LogP contribution in [0.1, 0.15) is 5.56 Å². The molecule has 0 saturated heterocycles. The second-order valence-corrected chi connectivity index (χ2v) is 4.00. The fourth-order valence-corrected chi connectivity index (χ4v) is 1.76. The SMILES string of the molecule is N#CC(N)Cc1ccc(-c2ccccc2)cc1. The Labute approximate surface area is 101 Å². The van der Waals surface area contributed by atoms with Crippen LogP contribution in [0.25, 0.3) is 11.1 Å². The predicted octanol–water partition coefficient (Wildman–Crippen LogP) is 2.75. The van der Waals surface area contributed by atoms with Gasteiger partial charge in [0, 0.05) is 6.42 Å². The normalized spacial score (nSPS) is 11.8. The van der Waals surface area contributed by atoms with E-state index in [2.05, 4.69) is 24.3 Å². The number of rotatable bonds is 3. The molecule has 2 heteroatoms. The van der Waals surface area contributed by atoms with Gasteiger partial charge in [-0.25, -0.2) is 0 Å². The second kappa shape index (κ2) is 5.29. The van der Waals surface area contributed by atoms with E-state index >= 15 is 0 Å². The smallest absolute Gasteiger partial charge is 0.0968 e. The zero-order chi connectivity index (χ0) is 12.1. The van der Waals surface area contributed by atoms with Gasteiger partial charge in [0.2, 0.25) is 0 Å². The molecule has 0 spiro atoms. The zero-order valence-electron chi connectivity index (χ0n) is 9.51. The first-order chi connectivity index (χ1) is 8.29. The van der Waals surface area contributed by atoms with E-state index in [0.717, 1.165) is 5.56 Å². The fraction of sp³-hybridized carbons (Fsp3) is 0.133. The van der Waals surface area contributed by atoms with Gasteiger partial charge in [-0.15, -0.1) is 0 Å². The highest BCUT2D eigenvalue weighted by atomic mass is 14.6. The van der Waals surface area contributed by atoms with Gasteiger partial charge in [-0.05, 0) is 16.7 Å². The highest BCUT2D eigenvalue weighted by molar-refractivity contribution is 5.63. The molecule has 0 aromatic heterocycles. The standard InChI is InChI=1S/C15H14N2/c16-11-15(17)10-12-6-8-14(9-7-12)13-4-2-1-3-5-13/h1-9,15H,10,17H2. The molecule has 0 aliphatic heterocycles. The number of hydrogen-bond donors (Lipinski definition) is 1. The maximum Gasteiger partial charge on any atom is 0.0968 e. The van der Waals surface area contributed by atoms with Crippen molar-refractivity contribution >= 4 is 0 Å². The number of hydrogen-bond acceptors (Lipinski definition) is 2. The lowest BCUT2D eigenvalue weighted by Gasteiger charge is -2.05. The van der Waals surface area contributed by atoms with E-state index in [-0.39, 0.29) is 0 Å². The minimum Gasteiger partial charge on any atom is -0.316 e. The maximum absolute atomic E-state index is 8.65. The largest absolute Gasteiger partial charge is 0.316 e. The number of nitrogens with two attached hydrogens (primary N) is 1. The molecule has 2 aromatic rings. The van der Waals surface area contributed by atoms with Gasteiger partial charge >= 0.3 is 0 Å². The summed E-state index contributed by atoms with van der Waals surface area (Å²) < 4.78 is 0. The van der Waals surface area contributed by atoms with Crippen molar-refractivity contribution in [1.82, 2.24) is 0 Å². The van der Waals surface area contributed by atoms with Crippen LogP contribution in [-0.2, 0) is 6.42 Å². The summed E-state index contributed by atoms with van der Waals surface area (Å²) >= 11 is 0. The molecule has 0 fully saturated rings. The average Bonchev–Trinajstić information content (AvgIpc) is 2.40. The first-order valence-corrected chi connectivity index (χ1v) is 5.59. The topological polar surface area (TPSA) is 49.8 Å². The molecule has 0 aliphatic rings. The van der Waals surface area contributed by atoms with E-state index in [4.69, 9.17) is 11.0 Å². The van der Waals surface area contributed by atoms with E-state index in [9.17, 15) is 0 Å². The third-order valence-electron chi connectivity index (χ3n) is 2.68. The van der Waals surface area contributed by atoms with Crippen molar-refractivity contribution in [1.29, 1.82) is 5.26 Å². The van der Waals surface area contributed by atoms with Gasteiger partial charge in [0.15, 0.2) is 0 Å². The van der Waals surface area contributed by atoms with Crippen molar-refractivity contribution in [3.8, 4) is 17.2 Å². The molecule has 2 aromatic carbocycles. The molecule has 0 radical (unpaired) electrons. The molecule has 1 unspecified atom stereocenters. The minimum atomic E-state index is -0.419. The Morgan fingerprint density at radius 3 is 2.12 bits per heavy atom. The first kappa shape index (κ1) is 11.4. The molecular weight excluding hydrogens is 208 g/mol. The fourth-order valence-electron chi connectivity index (χ4n) is 1.76. The molecule has 84 valence electrons. The summed E-state index contributed by atoms with van der Waals surface area (Å²) in [5, 5.41) is 8.65. The molecule has 0 bridgehead atoms. The van der Waals surface area contributed by atoms with E-state index in [1.165, 1.54) is 11.1 Å². The Hall–Kier alpha value is -2.11. The van der Waals surface area contributed by atoms with Crippen molar-refractivity contribution in [2.45, 2.75) is 12.5 Å². The summed E-state index contributed by atoms with van der Waals surface area (Å²) in [6.07, 6.45) is 0.603. The zero-order valence-corrected chi connectivity index (χ0v) is 9.51. The van der Waals surface area contributed by atoms with Gasteiger partial charge in [0.25, 0.3) is 0 Å². The second-order valence-electron chi connectivity index (χ2n) is 4.00. The Morgan fingerprint density at radius 2 is 1.53 bits per heavy atom. The van der Waals surface area contributed by atoms with Crippen LogP contribution in [-0.4, -0.2) is 6.04 Å². The van der Waals surface area contributed by atoms with Gasteiger partial charge in [0.05, 0.1) is 12.1 Å². The molecule has 0 heterocycles. The number of nitriles is 1. The van der Waals surface area contributed by atoms with Gasteiger partial charge in [0.1, 0.15) is 0 Å². The molecular formula is C15H14N2. The van der Waals surface area contributed by atoms with E-state index in [1.54, 1.807) is 0 Å². The first-order valence-electron chi connectivity index (χ1n) is 5.59. The molecule has 0 saturated carbocycles. The van der Waals surface area contributed by atoms with Crippen molar-refractivity contribution in [2.75, 3.05) is 0 Å². The molecule has 0 aliphatic carbocycles. The van der Waals surface area contributed by atoms with Crippen LogP contribution in [0.2, 0.25) is 0 Å². The molecule has 0 amide bonds. The van der Waals surface area contributed by atoms with Crippen LogP contribution < -0.4 is 5.73 Å². The van der Waals surface area contributed by atoms with Crippen LogP contribution in [0.4, 0.5) is 0 Å². The van der Waals surface area contributed by atoms with Crippen LogP contribution in [0, 0.1) is 11.3 Å². The number of nitrogens with zero attached hydrogens (tertiary/aromatic N) is 1. The molecule has 17 heavy (non-hydrogen) atoms. The van der Waals surface area contributed by atoms with Crippen LogP contribution in [0.5, 0.6) is 0 Å². The lowest BCUT2D eigenvalue weighted by atomic mass is 10.0. The van der Waals surface area contributed by atoms with Gasteiger partial charge in [-0.1, -0.05) is 54.6 Å². The molecule has 1 atom stereocenters. The third kappa shape index (κ3) is 2.93. The van der Waals surface area contributed by atoms with Crippen LogP contribution >= 0.6 is 0 Å². The quantitative estimate of drug-likeness (QED) is 0.868. The minimum absolute atomic E-state index is 0.419. The Kier molecular flexibility index (Phi) is 3.54. The predicted molar refractivity (Wildman–Crippen MR) is 69.2 cm³/mol. The van der Waals surface area contributed by atoms with Crippen molar-refractivity contribution in [3.63, 3.8) is 0 Å². The molecule has 2 rings (SSSR count). The summed E-state index contributed by atoms with van der Waals surface area (Å²) in [5.41, 5.74) is 9.07. The summed E-state index contributed by atoms with van der Waals surface area (Å²) in [6, 6.07) is 20.0. The summed E-state index contributed by atoms with van der Waals surface area (Å²) in [6.45, 7) is 0. The van der Waals surface area contributed by atoms with Crippen molar-refractivity contribution < 1.29 is 0 Å². The van der Waals surface area contributed by atoms with E-state index in [1.807, 2.05) is 36.4 Å². The average molecular weight is 222 g/mol. The van der Waals surface area contributed by atoms with E-state index < -0.39 is 6.04 Å². The van der Waals surface area contributed by atoms with Gasteiger partial charge in [-0.3, -0.25) is 0 Å². The van der Waals surface area contributed by atoms with Gasteiger partial charge in [-0.2, -0.15) is 5.26 Å². The van der Waals surface area contributed by atoms with Gasteiger partial charge < -0.3 is 5.73 Å². The van der Waals surface area contributed by atoms with Crippen LogP contribution in [0.15, 0.2) is 54.6 Å².